The fourth-order valence-corrected chi connectivity index (χ4v) is 4.28. The minimum absolute atomic E-state index is 0.0411. The summed E-state index contributed by atoms with van der Waals surface area (Å²) in [5.74, 6) is -1.28. The van der Waals surface area contributed by atoms with Crippen LogP contribution < -0.4 is 5.32 Å². The summed E-state index contributed by atoms with van der Waals surface area (Å²) in [7, 11) is 0. The van der Waals surface area contributed by atoms with Crippen LogP contribution in [0.3, 0.4) is 0 Å². The van der Waals surface area contributed by atoms with E-state index in [9.17, 15) is 18.8 Å². The van der Waals surface area contributed by atoms with Crippen molar-refractivity contribution in [3.8, 4) is 0 Å². The molecule has 4 rings (SSSR count). The van der Waals surface area contributed by atoms with Crippen LogP contribution in [0.1, 0.15) is 47.7 Å². The van der Waals surface area contributed by atoms with Crippen molar-refractivity contribution in [1.29, 1.82) is 0 Å². The zero-order valence-electron chi connectivity index (χ0n) is 17.6. The summed E-state index contributed by atoms with van der Waals surface area (Å²) >= 11 is 0. The molecule has 0 spiro atoms. The molecule has 2 aliphatic heterocycles. The number of benzene rings is 2. The quantitative estimate of drug-likeness (QED) is 0.820. The molecule has 0 bridgehead atoms. The van der Waals surface area contributed by atoms with Gasteiger partial charge < -0.3 is 15.1 Å². The van der Waals surface area contributed by atoms with Crippen molar-refractivity contribution in [3.63, 3.8) is 0 Å². The van der Waals surface area contributed by atoms with E-state index in [-0.39, 0.29) is 23.9 Å². The summed E-state index contributed by atoms with van der Waals surface area (Å²) < 4.78 is 14.4. The molecule has 1 atom stereocenters. The lowest BCUT2D eigenvalue weighted by Gasteiger charge is -2.38. The molecule has 31 heavy (non-hydrogen) atoms. The Hall–Kier alpha value is -3.22. The molecule has 2 aromatic carbocycles. The molecule has 1 saturated heterocycles. The molecule has 0 saturated carbocycles. The monoisotopic (exact) mass is 423 g/mol. The third kappa shape index (κ3) is 4.31. The van der Waals surface area contributed by atoms with Gasteiger partial charge in [-0.1, -0.05) is 25.1 Å². The number of carbonyl (C=O) groups is 3. The molecule has 0 radical (unpaired) electrons. The topological polar surface area (TPSA) is 69.7 Å². The van der Waals surface area contributed by atoms with Crippen LogP contribution in [0, 0.1) is 5.82 Å². The predicted molar refractivity (Wildman–Crippen MR) is 115 cm³/mol. The Morgan fingerprint density at radius 2 is 1.81 bits per heavy atom. The van der Waals surface area contributed by atoms with Gasteiger partial charge in [-0.15, -0.1) is 0 Å². The molecule has 2 heterocycles. The van der Waals surface area contributed by atoms with Crippen LogP contribution in [0.2, 0.25) is 0 Å². The van der Waals surface area contributed by atoms with Crippen LogP contribution >= 0.6 is 0 Å². The predicted octanol–water partition coefficient (Wildman–Crippen LogP) is 3.36. The Morgan fingerprint density at radius 3 is 2.52 bits per heavy atom. The number of hydrogen-bond acceptors (Lipinski definition) is 3. The molecule has 7 heteroatoms. The summed E-state index contributed by atoms with van der Waals surface area (Å²) in [4.78, 5) is 41.6. The molecule has 2 aliphatic rings. The van der Waals surface area contributed by atoms with E-state index < -0.39 is 17.8 Å². The third-order valence-electron chi connectivity index (χ3n) is 6.01. The maximum absolute atomic E-state index is 14.4. The van der Waals surface area contributed by atoms with Gasteiger partial charge in [-0.3, -0.25) is 14.4 Å². The minimum atomic E-state index is -0.672. The van der Waals surface area contributed by atoms with E-state index in [1.54, 1.807) is 17.9 Å². The maximum atomic E-state index is 14.4. The molecule has 0 unspecified atom stereocenters. The number of amides is 3. The minimum Gasteiger partial charge on any atom is -0.341 e. The molecule has 162 valence electrons. The highest BCUT2D eigenvalue weighted by atomic mass is 19.1. The molecule has 0 aromatic heterocycles. The van der Waals surface area contributed by atoms with Gasteiger partial charge in [0.15, 0.2) is 0 Å². The highest BCUT2D eigenvalue weighted by Crippen LogP contribution is 2.29. The molecular weight excluding hydrogens is 397 g/mol. The number of fused-ring (bicyclic) bond motifs is 1. The van der Waals surface area contributed by atoms with E-state index in [4.69, 9.17) is 0 Å². The lowest BCUT2D eigenvalue weighted by Crippen LogP contribution is -2.53. The van der Waals surface area contributed by atoms with E-state index >= 15 is 0 Å². The summed E-state index contributed by atoms with van der Waals surface area (Å²) in [6, 6.07) is 10.7. The lowest BCUT2D eigenvalue weighted by atomic mass is 9.92. The van der Waals surface area contributed by atoms with E-state index in [0.29, 0.717) is 31.6 Å². The normalized spacial score (nSPS) is 17.9. The van der Waals surface area contributed by atoms with E-state index in [0.717, 1.165) is 24.0 Å². The zero-order valence-corrected chi connectivity index (χ0v) is 17.6. The van der Waals surface area contributed by atoms with Crippen molar-refractivity contribution in [3.05, 3.63) is 65.0 Å². The van der Waals surface area contributed by atoms with Crippen LogP contribution in [0.25, 0.3) is 0 Å². The van der Waals surface area contributed by atoms with Crippen LogP contribution in [-0.2, 0) is 22.6 Å². The van der Waals surface area contributed by atoms with E-state index in [2.05, 4.69) is 5.32 Å². The number of anilines is 1. The first-order valence-electron chi connectivity index (χ1n) is 10.7. The van der Waals surface area contributed by atoms with Crippen molar-refractivity contribution in [2.45, 2.75) is 45.2 Å². The van der Waals surface area contributed by atoms with Crippen molar-refractivity contribution in [2.24, 2.45) is 0 Å². The average Bonchev–Trinajstić information content (AvgIpc) is 3.32. The second kappa shape index (κ2) is 8.88. The number of nitrogens with one attached hydrogen (secondary N) is 1. The van der Waals surface area contributed by atoms with Crippen molar-refractivity contribution < 1.29 is 18.8 Å². The Morgan fingerprint density at radius 1 is 1.06 bits per heavy atom. The van der Waals surface area contributed by atoms with Gasteiger partial charge in [0.05, 0.1) is 5.56 Å². The fourth-order valence-electron chi connectivity index (χ4n) is 4.28. The first kappa shape index (κ1) is 21.0. The first-order chi connectivity index (χ1) is 15.0. The number of nitrogens with zero attached hydrogens (tertiary/aromatic N) is 2. The molecule has 3 amide bonds. The van der Waals surface area contributed by atoms with E-state index in [1.165, 1.54) is 23.1 Å². The van der Waals surface area contributed by atoms with Gasteiger partial charge in [0.1, 0.15) is 11.9 Å². The van der Waals surface area contributed by atoms with Gasteiger partial charge in [0.2, 0.25) is 11.8 Å². The Balaban J connectivity index is 1.68. The summed E-state index contributed by atoms with van der Waals surface area (Å²) in [6.07, 6.45) is 2.64. The molecule has 2 aromatic rings. The van der Waals surface area contributed by atoms with Crippen LogP contribution in [0.5, 0.6) is 0 Å². The number of halogens is 1. The van der Waals surface area contributed by atoms with Gasteiger partial charge in [-0.05, 0) is 48.2 Å². The van der Waals surface area contributed by atoms with Crippen LogP contribution in [0.4, 0.5) is 10.1 Å². The number of carbonyl (C=O) groups excluding carboxylic acids is 3. The van der Waals surface area contributed by atoms with Crippen molar-refractivity contribution >= 4 is 23.4 Å². The standard InChI is InChI=1S/C24H26FN3O3/c1-2-22(29)26-18-10-9-16-14-21(24(31)27-11-5-6-12-27)28(15-17(16)13-18)23(30)19-7-3-4-8-20(19)25/h3-4,7-10,13,21H,2,5-6,11-12,14-15H2,1H3,(H,26,29)/t21-/m1/s1. The van der Waals surface area contributed by atoms with Crippen LogP contribution in [0.15, 0.2) is 42.5 Å². The first-order valence-corrected chi connectivity index (χ1v) is 10.7. The number of hydrogen-bond donors (Lipinski definition) is 1. The zero-order chi connectivity index (χ0) is 22.0. The highest BCUT2D eigenvalue weighted by Gasteiger charge is 2.38. The van der Waals surface area contributed by atoms with Gasteiger partial charge in [-0.2, -0.15) is 0 Å². The fraction of sp³-hybridized carbons (Fsp3) is 0.375. The van der Waals surface area contributed by atoms with Gasteiger partial charge in [-0.25, -0.2) is 4.39 Å². The second-order valence-corrected chi connectivity index (χ2v) is 8.05. The van der Waals surface area contributed by atoms with Crippen molar-refractivity contribution in [1.82, 2.24) is 9.80 Å². The summed E-state index contributed by atoms with van der Waals surface area (Å²) in [6.45, 7) is 3.33. The Labute approximate surface area is 181 Å². The molecule has 1 N–H and O–H groups in total. The molecule has 1 fully saturated rings. The molecule has 0 aliphatic carbocycles. The average molecular weight is 423 g/mol. The van der Waals surface area contributed by atoms with Gasteiger partial charge >= 0.3 is 0 Å². The second-order valence-electron chi connectivity index (χ2n) is 8.05. The largest absolute Gasteiger partial charge is 0.341 e. The van der Waals surface area contributed by atoms with Crippen molar-refractivity contribution in [2.75, 3.05) is 18.4 Å². The Kier molecular flexibility index (Phi) is 6.02. The smallest absolute Gasteiger partial charge is 0.257 e. The number of rotatable bonds is 4. The number of likely N-dealkylation sites (tertiary alicyclic amines) is 1. The van der Waals surface area contributed by atoms with E-state index in [1.807, 2.05) is 18.2 Å². The third-order valence-corrected chi connectivity index (χ3v) is 6.01. The highest BCUT2D eigenvalue weighted by molar-refractivity contribution is 5.98. The lowest BCUT2D eigenvalue weighted by molar-refractivity contribution is -0.135. The summed E-state index contributed by atoms with van der Waals surface area (Å²) in [5.41, 5.74) is 2.42. The Bertz CT molecular complexity index is 1020. The SMILES string of the molecule is CCC(=O)Nc1ccc2c(c1)CN(C(=O)c1ccccc1F)[C@@H](C(=O)N1CCCC1)C2. The molecule has 6 nitrogen and oxygen atoms in total. The maximum Gasteiger partial charge on any atom is 0.257 e. The molecular formula is C24H26FN3O3. The van der Waals surface area contributed by atoms with Gasteiger partial charge in [0.25, 0.3) is 5.91 Å². The van der Waals surface area contributed by atoms with Gasteiger partial charge in [0, 0.05) is 38.2 Å². The van der Waals surface area contributed by atoms with Crippen LogP contribution in [-0.4, -0.2) is 46.7 Å². The summed E-state index contributed by atoms with van der Waals surface area (Å²) in [5, 5.41) is 2.83.